The molecule has 0 unspecified atom stereocenters. The predicted molar refractivity (Wildman–Crippen MR) is 157 cm³/mol. The smallest absolute Gasteiger partial charge is 0.176 e. The van der Waals surface area contributed by atoms with Gasteiger partial charge in [-0.05, 0) is 92.3 Å². The van der Waals surface area contributed by atoms with Crippen LogP contribution >= 0.6 is 11.3 Å². The molecule has 6 rings (SSSR count). The molecule has 1 aliphatic carbocycles. The van der Waals surface area contributed by atoms with Crippen LogP contribution in [0.1, 0.15) is 44.6 Å². The summed E-state index contributed by atoms with van der Waals surface area (Å²) in [5.74, 6) is 0.811. The van der Waals surface area contributed by atoms with Gasteiger partial charge in [0, 0.05) is 26.7 Å². The lowest BCUT2D eigenvalue weighted by molar-refractivity contribution is 0.0903. The molecule has 0 saturated heterocycles. The summed E-state index contributed by atoms with van der Waals surface area (Å²) in [6, 6.07) is 17.9. The van der Waals surface area contributed by atoms with E-state index in [1.807, 2.05) is 31.2 Å². The van der Waals surface area contributed by atoms with Crippen molar-refractivity contribution in [2.24, 2.45) is 0 Å². The van der Waals surface area contributed by atoms with Gasteiger partial charge in [0.05, 0.1) is 17.3 Å². The lowest BCUT2D eigenvalue weighted by atomic mass is 9.97. The van der Waals surface area contributed by atoms with Crippen LogP contribution < -0.4 is 0 Å². The number of hydrogen-bond acceptors (Lipinski definition) is 3. The minimum Gasteiger partial charge on any atom is -0.490 e. The van der Waals surface area contributed by atoms with Crippen molar-refractivity contribution in [2.75, 3.05) is 0 Å². The minimum atomic E-state index is -0.184. The maximum Gasteiger partial charge on any atom is 0.176 e. The standard InChI is InChI=1S/C32H30FN3OS/c1-3-20(17-22(4-2)37-23-9-6-5-7-10-23)21-13-14-28-26(18-21)32(36-35-28)29-19-25-24(11-8-12-27(25)34-29)30-15-16-31(33)38-30/h3-4,8,11-19,23,34H,2,5-7,9-10H2,1H3,(H,35,36)/b20-3+,22-17+. The molecule has 3 heterocycles. The third kappa shape index (κ3) is 4.72. The summed E-state index contributed by atoms with van der Waals surface area (Å²) in [5, 5.41) is 9.72. The van der Waals surface area contributed by atoms with Gasteiger partial charge in [-0.1, -0.05) is 37.3 Å². The lowest BCUT2D eigenvalue weighted by Crippen LogP contribution is -2.15. The first-order chi connectivity index (χ1) is 18.6. The third-order valence-corrected chi connectivity index (χ3v) is 8.23. The highest BCUT2D eigenvalue weighted by Crippen LogP contribution is 2.37. The first-order valence-corrected chi connectivity index (χ1v) is 14.0. The van der Waals surface area contributed by atoms with Crippen LogP contribution in [0.4, 0.5) is 4.39 Å². The van der Waals surface area contributed by atoms with Gasteiger partial charge in [0.15, 0.2) is 5.13 Å². The number of hydrogen-bond donors (Lipinski definition) is 2. The third-order valence-electron chi connectivity index (χ3n) is 7.32. The summed E-state index contributed by atoms with van der Waals surface area (Å²) in [6.07, 6.45) is 12.2. The number of nitrogens with zero attached hydrogens (tertiary/aromatic N) is 1. The summed E-state index contributed by atoms with van der Waals surface area (Å²) in [4.78, 5) is 4.43. The Bertz CT molecular complexity index is 1680. The van der Waals surface area contributed by atoms with Crippen LogP contribution in [0, 0.1) is 5.13 Å². The Labute approximate surface area is 225 Å². The van der Waals surface area contributed by atoms with E-state index in [1.165, 1.54) is 25.3 Å². The average molecular weight is 524 g/mol. The second-order valence-corrected chi connectivity index (χ2v) is 10.8. The van der Waals surface area contributed by atoms with Gasteiger partial charge in [-0.3, -0.25) is 5.10 Å². The van der Waals surface area contributed by atoms with Gasteiger partial charge in [0.1, 0.15) is 11.5 Å². The van der Waals surface area contributed by atoms with E-state index in [4.69, 9.17) is 4.74 Å². The summed E-state index contributed by atoms with van der Waals surface area (Å²) >= 11 is 1.16. The molecule has 0 bridgehead atoms. The normalized spacial score (nSPS) is 15.4. The second kappa shape index (κ2) is 10.5. The van der Waals surface area contributed by atoms with Gasteiger partial charge in [0.25, 0.3) is 0 Å². The average Bonchev–Trinajstić information content (AvgIpc) is 3.68. The van der Waals surface area contributed by atoms with E-state index in [9.17, 15) is 4.39 Å². The molecule has 1 fully saturated rings. The minimum absolute atomic E-state index is 0.184. The Morgan fingerprint density at radius 1 is 1.05 bits per heavy atom. The summed E-state index contributed by atoms with van der Waals surface area (Å²) in [6.45, 7) is 6.04. The molecular formula is C32H30FN3OS. The van der Waals surface area contributed by atoms with E-state index in [0.717, 1.165) is 84.7 Å². The number of aromatic amines is 2. The highest BCUT2D eigenvalue weighted by atomic mass is 32.1. The molecule has 4 nitrogen and oxygen atoms in total. The number of fused-ring (bicyclic) bond motifs is 2. The Morgan fingerprint density at radius 2 is 1.92 bits per heavy atom. The van der Waals surface area contributed by atoms with Crippen LogP contribution in [0.25, 0.3) is 49.2 Å². The topological polar surface area (TPSA) is 53.7 Å². The maximum absolute atomic E-state index is 13.7. The molecular weight excluding hydrogens is 493 g/mol. The number of aromatic nitrogens is 3. The zero-order valence-electron chi connectivity index (χ0n) is 21.4. The van der Waals surface area contributed by atoms with Gasteiger partial charge in [-0.2, -0.15) is 9.49 Å². The van der Waals surface area contributed by atoms with Gasteiger partial charge in [-0.15, -0.1) is 11.3 Å². The molecule has 0 spiro atoms. The van der Waals surface area contributed by atoms with Crippen molar-refractivity contribution in [1.29, 1.82) is 0 Å². The first-order valence-electron chi connectivity index (χ1n) is 13.2. The summed E-state index contributed by atoms with van der Waals surface area (Å²) in [7, 11) is 0. The SMILES string of the molecule is C=C/C(=C\C(=C/C)c1ccc2[nH]nc(-c3cc4c(-c5ccc(F)s5)cccc4[nH]3)c2c1)OC1CCCCC1. The van der Waals surface area contributed by atoms with Crippen molar-refractivity contribution in [3.05, 3.63) is 95.9 Å². The van der Waals surface area contributed by atoms with Gasteiger partial charge in [0.2, 0.25) is 0 Å². The number of H-pyrrole nitrogens is 2. The quantitative estimate of drug-likeness (QED) is 0.165. The highest BCUT2D eigenvalue weighted by molar-refractivity contribution is 7.14. The maximum atomic E-state index is 13.7. The van der Waals surface area contributed by atoms with E-state index < -0.39 is 0 Å². The van der Waals surface area contributed by atoms with Crippen molar-refractivity contribution >= 4 is 38.7 Å². The summed E-state index contributed by atoms with van der Waals surface area (Å²) < 4.78 is 20.0. The fourth-order valence-corrected chi connectivity index (χ4v) is 6.13. The van der Waals surface area contributed by atoms with Crippen LogP contribution in [-0.4, -0.2) is 21.3 Å². The molecule has 1 aliphatic rings. The molecule has 0 aliphatic heterocycles. The number of benzene rings is 2. The number of nitrogens with one attached hydrogen (secondary N) is 2. The molecule has 0 amide bonds. The lowest BCUT2D eigenvalue weighted by Gasteiger charge is -2.23. The molecule has 38 heavy (non-hydrogen) atoms. The van der Waals surface area contributed by atoms with E-state index in [1.54, 1.807) is 6.08 Å². The zero-order valence-corrected chi connectivity index (χ0v) is 22.2. The van der Waals surface area contributed by atoms with E-state index in [0.29, 0.717) is 0 Å². The van der Waals surface area contributed by atoms with Crippen molar-refractivity contribution in [1.82, 2.24) is 15.2 Å². The molecule has 6 heteroatoms. The van der Waals surface area contributed by atoms with Crippen molar-refractivity contribution in [3.8, 4) is 21.8 Å². The first kappa shape index (κ1) is 24.4. The number of thiophene rings is 1. The molecule has 2 N–H and O–H groups in total. The van der Waals surface area contributed by atoms with E-state index >= 15 is 0 Å². The Hall–Kier alpha value is -3.90. The molecule has 0 atom stereocenters. The Morgan fingerprint density at radius 3 is 2.68 bits per heavy atom. The van der Waals surface area contributed by atoms with Crippen LogP contribution in [0.2, 0.25) is 0 Å². The van der Waals surface area contributed by atoms with Crippen molar-refractivity contribution in [2.45, 2.75) is 45.1 Å². The fraction of sp³-hybridized carbons (Fsp3) is 0.219. The number of allylic oxidation sites excluding steroid dienone is 4. The van der Waals surface area contributed by atoms with Crippen LogP contribution in [0.3, 0.4) is 0 Å². The van der Waals surface area contributed by atoms with Gasteiger partial charge in [-0.25, -0.2) is 0 Å². The Kier molecular flexibility index (Phi) is 6.73. The number of ether oxygens (including phenoxy) is 1. The number of halogens is 1. The molecule has 2 aromatic carbocycles. The highest BCUT2D eigenvalue weighted by Gasteiger charge is 2.17. The molecule has 5 aromatic rings. The van der Waals surface area contributed by atoms with E-state index in [-0.39, 0.29) is 11.2 Å². The van der Waals surface area contributed by atoms with E-state index in [2.05, 4.69) is 58.2 Å². The van der Waals surface area contributed by atoms with Gasteiger partial charge < -0.3 is 9.72 Å². The largest absolute Gasteiger partial charge is 0.490 e. The predicted octanol–water partition coefficient (Wildman–Crippen LogP) is 9.40. The van der Waals surface area contributed by atoms with Crippen molar-refractivity contribution in [3.63, 3.8) is 0 Å². The van der Waals surface area contributed by atoms with Crippen LogP contribution in [-0.2, 0) is 4.74 Å². The number of rotatable bonds is 7. The monoisotopic (exact) mass is 523 g/mol. The fourth-order valence-electron chi connectivity index (χ4n) is 5.36. The molecule has 0 radical (unpaired) electrons. The molecule has 3 aromatic heterocycles. The van der Waals surface area contributed by atoms with Gasteiger partial charge >= 0.3 is 0 Å². The molecule has 1 saturated carbocycles. The van der Waals surface area contributed by atoms with Crippen molar-refractivity contribution < 1.29 is 9.13 Å². The van der Waals surface area contributed by atoms with Crippen LogP contribution in [0.15, 0.2) is 85.2 Å². The Balaban J connectivity index is 1.36. The van der Waals surface area contributed by atoms with Crippen LogP contribution in [0.5, 0.6) is 0 Å². The second-order valence-electron chi connectivity index (χ2n) is 9.76. The zero-order chi connectivity index (χ0) is 26.1. The molecule has 192 valence electrons. The summed E-state index contributed by atoms with van der Waals surface area (Å²) in [5.41, 5.74) is 6.89.